The molecule has 142 valence electrons. The van der Waals surface area contributed by atoms with E-state index in [4.69, 9.17) is 9.15 Å². The number of carbonyl (C=O) groups is 1. The molecule has 0 spiro atoms. The Kier molecular flexibility index (Phi) is 4.10. The van der Waals surface area contributed by atoms with Crippen molar-refractivity contribution in [1.82, 2.24) is 24.5 Å². The molecule has 11 heteroatoms. The summed E-state index contributed by atoms with van der Waals surface area (Å²) >= 11 is 0. The molecular weight excluding hydrogens is 367 g/mol. The van der Waals surface area contributed by atoms with Crippen LogP contribution in [0.1, 0.15) is 22.6 Å². The first kappa shape index (κ1) is 17.5. The van der Waals surface area contributed by atoms with Crippen LogP contribution < -0.4 is 0 Å². The number of hydrogen-bond donors (Lipinski definition) is 0. The van der Waals surface area contributed by atoms with Crippen LogP contribution >= 0.6 is 0 Å². The predicted octanol–water partition coefficient (Wildman–Crippen LogP) is 2.26. The molecule has 1 unspecified atom stereocenters. The van der Waals surface area contributed by atoms with E-state index >= 15 is 0 Å². The number of hydrogen-bond acceptors (Lipinski definition) is 6. The Hall–Kier alpha value is -2.95. The van der Waals surface area contributed by atoms with E-state index < -0.39 is 17.6 Å². The number of rotatable bonds is 3. The summed E-state index contributed by atoms with van der Waals surface area (Å²) in [6, 6.07) is 0.898. The van der Waals surface area contributed by atoms with Crippen LogP contribution in [-0.2, 0) is 10.9 Å². The molecule has 1 saturated heterocycles. The number of carbonyl (C=O) groups excluding carboxylic acids is 1. The monoisotopic (exact) mass is 381 g/mol. The first-order valence-corrected chi connectivity index (χ1v) is 8.05. The van der Waals surface area contributed by atoms with Gasteiger partial charge < -0.3 is 14.1 Å². The van der Waals surface area contributed by atoms with Crippen LogP contribution in [0.15, 0.2) is 29.3 Å². The second-order valence-electron chi connectivity index (χ2n) is 6.12. The number of ether oxygens (including phenoxy) is 1. The van der Waals surface area contributed by atoms with Gasteiger partial charge in [0.1, 0.15) is 0 Å². The zero-order valence-corrected chi connectivity index (χ0v) is 14.1. The Morgan fingerprint density at radius 1 is 1.37 bits per heavy atom. The highest BCUT2D eigenvalue weighted by Gasteiger charge is 2.35. The van der Waals surface area contributed by atoms with Gasteiger partial charge in [-0.2, -0.15) is 13.2 Å². The molecule has 1 aliphatic heterocycles. The van der Waals surface area contributed by atoms with Gasteiger partial charge >= 0.3 is 6.18 Å². The van der Waals surface area contributed by atoms with Crippen LogP contribution in [0.25, 0.3) is 17.0 Å². The Morgan fingerprint density at radius 2 is 2.19 bits per heavy atom. The molecule has 3 aromatic heterocycles. The van der Waals surface area contributed by atoms with E-state index in [1.807, 2.05) is 0 Å². The second kappa shape index (κ2) is 6.34. The Balaban J connectivity index is 1.84. The number of alkyl halides is 3. The standard InChI is InChI=1S/C16H14F3N5O3/c1-26-10-2-3-23(7-10)15(25)14-22-21-13-11(12-5-20-8-27-12)4-9(6-24(13)14)16(17,18)19/h4-6,8,10H,2-3,7H2,1H3. The fourth-order valence-corrected chi connectivity index (χ4v) is 3.07. The number of halogens is 3. The Labute approximate surface area is 150 Å². The number of pyridine rings is 1. The van der Waals surface area contributed by atoms with Crippen molar-refractivity contribution in [1.29, 1.82) is 0 Å². The number of amides is 1. The summed E-state index contributed by atoms with van der Waals surface area (Å²) in [5.74, 6) is -0.614. The zero-order valence-electron chi connectivity index (χ0n) is 14.1. The van der Waals surface area contributed by atoms with Gasteiger partial charge in [0.15, 0.2) is 17.8 Å². The summed E-state index contributed by atoms with van der Waals surface area (Å²) in [6.07, 6.45) is -0.896. The molecular formula is C16H14F3N5O3. The van der Waals surface area contributed by atoms with Crippen LogP contribution in [0.2, 0.25) is 0 Å². The Bertz CT molecular complexity index is 983. The van der Waals surface area contributed by atoms with Gasteiger partial charge in [0.2, 0.25) is 5.82 Å². The molecule has 0 bridgehead atoms. The van der Waals surface area contributed by atoms with Crippen molar-refractivity contribution in [3.8, 4) is 11.3 Å². The lowest BCUT2D eigenvalue weighted by molar-refractivity contribution is -0.137. The minimum Gasteiger partial charge on any atom is -0.443 e. The van der Waals surface area contributed by atoms with Crippen LogP contribution in [-0.4, -0.2) is 56.7 Å². The lowest BCUT2D eigenvalue weighted by Gasteiger charge is -2.15. The third-order valence-corrected chi connectivity index (χ3v) is 4.49. The fourth-order valence-electron chi connectivity index (χ4n) is 3.07. The summed E-state index contributed by atoms with van der Waals surface area (Å²) in [5, 5.41) is 7.74. The summed E-state index contributed by atoms with van der Waals surface area (Å²) < 4.78 is 51.5. The van der Waals surface area contributed by atoms with Gasteiger partial charge in [-0.15, -0.1) is 10.2 Å². The van der Waals surface area contributed by atoms with Crippen molar-refractivity contribution >= 4 is 11.6 Å². The maximum absolute atomic E-state index is 13.4. The quantitative estimate of drug-likeness (QED) is 0.692. The topological polar surface area (TPSA) is 85.8 Å². The third kappa shape index (κ3) is 3.03. The minimum atomic E-state index is -4.62. The third-order valence-electron chi connectivity index (χ3n) is 4.49. The molecule has 1 aliphatic rings. The molecule has 1 atom stereocenters. The molecule has 27 heavy (non-hydrogen) atoms. The SMILES string of the molecule is COC1CCN(C(=O)c2nnc3c(-c4cnco4)cc(C(F)(F)F)cn23)C1. The van der Waals surface area contributed by atoms with Crippen LogP contribution in [0.4, 0.5) is 13.2 Å². The van der Waals surface area contributed by atoms with Gasteiger partial charge in [-0.3, -0.25) is 9.20 Å². The Morgan fingerprint density at radius 3 is 2.81 bits per heavy atom. The first-order valence-electron chi connectivity index (χ1n) is 8.05. The number of nitrogens with zero attached hydrogens (tertiary/aromatic N) is 5. The van der Waals surface area contributed by atoms with Crippen molar-refractivity contribution < 1.29 is 27.1 Å². The molecule has 0 radical (unpaired) electrons. The van der Waals surface area contributed by atoms with Crippen molar-refractivity contribution in [3.63, 3.8) is 0 Å². The van der Waals surface area contributed by atoms with Gasteiger partial charge in [-0.25, -0.2) is 4.98 Å². The van der Waals surface area contributed by atoms with E-state index in [9.17, 15) is 18.0 Å². The molecule has 4 rings (SSSR count). The molecule has 0 aromatic carbocycles. The van der Waals surface area contributed by atoms with E-state index in [1.54, 1.807) is 7.11 Å². The second-order valence-corrected chi connectivity index (χ2v) is 6.12. The summed E-state index contributed by atoms with van der Waals surface area (Å²) in [7, 11) is 1.55. The highest BCUT2D eigenvalue weighted by molar-refractivity contribution is 5.92. The molecule has 3 aromatic rings. The largest absolute Gasteiger partial charge is 0.443 e. The van der Waals surface area contributed by atoms with E-state index in [0.717, 1.165) is 23.1 Å². The number of aromatic nitrogens is 4. The molecule has 1 fully saturated rings. The summed E-state index contributed by atoms with van der Waals surface area (Å²) in [6.45, 7) is 0.776. The average Bonchev–Trinajstić information content (AvgIpc) is 3.39. The predicted molar refractivity (Wildman–Crippen MR) is 84.8 cm³/mol. The zero-order chi connectivity index (χ0) is 19.2. The lowest BCUT2D eigenvalue weighted by atomic mass is 10.1. The fraction of sp³-hybridized carbons (Fsp3) is 0.375. The molecule has 0 saturated carbocycles. The van der Waals surface area contributed by atoms with E-state index in [0.29, 0.717) is 19.5 Å². The highest BCUT2D eigenvalue weighted by Crippen LogP contribution is 2.34. The van der Waals surface area contributed by atoms with Crippen LogP contribution in [0.5, 0.6) is 0 Å². The van der Waals surface area contributed by atoms with Gasteiger partial charge in [-0.1, -0.05) is 0 Å². The van der Waals surface area contributed by atoms with E-state index in [2.05, 4.69) is 15.2 Å². The van der Waals surface area contributed by atoms with Gasteiger partial charge in [0.05, 0.1) is 23.4 Å². The maximum Gasteiger partial charge on any atom is 0.417 e. The van der Waals surface area contributed by atoms with Gasteiger partial charge in [0, 0.05) is 26.4 Å². The van der Waals surface area contributed by atoms with Crippen molar-refractivity contribution in [2.75, 3.05) is 20.2 Å². The minimum absolute atomic E-state index is 0.0464. The highest BCUT2D eigenvalue weighted by atomic mass is 19.4. The van der Waals surface area contributed by atoms with Crippen LogP contribution in [0, 0.1) is 0 Å². The number of fused-ring (bicyclic) bond motifs is 1. The van der Waals surface area contributed by atoms with Crippen LogP contribution in [0.3, 0.4) is 0 Å². The number of likely N-dealkylation sites (tertiary alicyclic amines) is 1. The van der Waals surface area contributed by atoms with E-state index in [-0.39, 0.29) is 28.9 Å². The van der Waals surface area contributed by atoms with Crippen molar-refractivity contribution in [2.45, 2.75) is 18.7 Å². The average molecular weight is 381 g/mol. The molecule has 4 heterocycles. The van der Waals surface area contributed by atoms with Crippen molar-refractivity contribution in [3.05, 3.63) is 36.2 Å². The molecule has 0 aliphatic carbocycles. The molecule has 0 N–H and O–H groups in total. The number of oxazole rings is 1. The van der Waals surface area contributed by atoms with Gasteiger partial charge in [-0.05, 0) is 12.5 Å². The lowest BCUT2D eigenvalue weighted by Crippen LogP contribution is -2.31. The first-order chi connectivity index (χ1) is 12.9. The summed E-state index contributed by atoms with van der Waals surface area (Å²) in [4.78, 5) is 18.0. The van der Waals surface area contributed by atoms with Gasteiger partial charge in [0.25, 0.3) is 5.91 Å². The molecule has 8 nitrogen and oxygen atoms in total. The maximum atomic E-state index is 13.4. The van der Waals surface area contributed by atoms with E-state index in [1.165, 1.54) is 11.1 Å². The normalized spacial score (nSPS) is 17.8. The molecule has 1 amide bonds. The number of methoxy groups -OCH3 is 1. The van der Waals surface area contributed by atoms with Crippen molar-refractivity contribution in [2.24, 2.45) is 0 Å². The summed E-state index contributed by atoms with van der Waals surface area (Å²) in [5.41, 5.74) is -0.831. The smallest absolute Gasteiger partial charge is 0.417 e.